The van der Waals surface area contributed by atoms with E-state index < -0.39 is 48.0 Å². The van der Waals surface area contributed by atoms with E-state index in [1.807, 2.05) is 64.1 Å². The van der Waals surface area contributed by atoms with Gasteiger partial charge in [0.25, 0.3) is 0 Å². The molecule has 0 bridgehead atoms. The molecule has 0 aliphatic rings. The Morgan fingerprint density at radius 2 is 1.25 bits per heavy atom. The molecule has 4 rings (SSSR count). The summed E-state index contributed by atoms with van der Waals surface area (Å²) in [6.07, 6.45) is 5.55. The molecule has 2 aromatic heterocycles. The Balaban J connectivity index is 0.000000287. The molecular weight excluding hydrogens is 708 g/mol. The quantitative estimate of drug-likeness (QED) is 0.0805. The molecule has 0 fully saturated rings. The first kappa shape index (κ1) is 42.2. The highest BCUT2D eigenvalue weighted by Gasteiger charge is 2.29. The van der Waals surface area contributed by atoms with Crippen molar-refractivity contribution in [2.24, 2.45) is 11.8 Å². The number of carboxylic acid groups (broad SMARTS) is 4. The molecular formula is C37H47ClN6O9. The van der Waals surface area contributed by atoms with Gasteiger partial charge in [0, 0.05) is 30.0 Å². The van der Waals surface area contributed by atoms with E-state index in [9.17, 15) is 44.4 Å². The Labute approximate surface area is 311 Å². The van der Waals surface area contributed by atoms with Gasteiger partial charge in [-0.05, 0) is 60.6 Å². The number of hydrogen-bond acceptors (Lipinski definition) is 8. The fourth-order valence-electron chi connectivity index (χ4n) is 5.47. The first-order valence-corrected chi connectivity index (χ1v) is 17.4. The van der Waals surface area contributed by atoms with Crippen molar-refractivity contribution >= 4 is 35.5 Å². The predicted molar refractivity (Wildman–Crippen MR) is 197 cm³/mol. The second kappa shape index (κ2) is 20.1. The lowest BCUT2D eigenvalue weighted by atomic mass is 10.0. The number of aliphatic carboxylic acids is 4. The number of halogens is 1. The van der Waals surface area contributed by atoms with Crippen molar-refractivity contribution in [3.63, 3.8) is 0 Å². The number of rotatable bonds is 19. The van der Waals surface area contributed by atoms with Gasteiger partial charge in [-0.15, -0.1) is 0 Å². The zero-order valence-electron chi connectivity index (χ0n) is 30.0. The summed E-state index contributed by atoms with van der Waals surface area (Å²) >= 11 is 5.96. The van der Waals surface area contributed by atoms with E-state index in [0.29, 0.717) is 23.7 Å². The Hall–Kier alpha value is -5.25. The Bertz CT molecular complexity index is 1870. The van der Waals surface area contributed by atoms with Crippen LogP contribution >= 0.6 is 11.6 Å². The molecule has 0 spiro atoms. The van der Waals surface area contributed by atoms with E-state index in [4.69, 9.17) is 11.6 Å². The van der Waals surface area contributed by atoms with Gasteiger partial charge in [-0.25, -0.2) is 9.48 Å². The summed E-state index contributed by atoms with van der Waals surface area (Å²) < 4.78 is 4.36. The number of hydrogen-bond donors (Lipinski definition) is 6. The summed E-state index contributed by atoms with van der Waals surface area (Å²) in [6.45, 7) is 7.62. The van der Waals surface area contributed by atoms with Gasteiger partial charge in [-0.3, -0.25) is 38.9 Å². The van der Waals surface area contributed by atoms with Crippen LogP contribution in [0.4, 0.5) is 0 Å². The molecule has 53 heavy (non-hydrogen) atoms. The maximum Gasteiger partial charge on any atom is 0.328 e. The number of benzene rings is 2. The van der Waals surface area contributed by atoms with E-state index >= 15 is 0 Å². The zero-order chi connectivity index (χ0) is 39.2. The fraction of sp³-hybridized carbons (Fsp3) is 0.405. The molecule has 2 aromatic carbocycles. The van der Waals surface area contributed by atoms with E-state index in [2.05, 4.69) is 15.7 Å². The second-order valence-electron chi connectivity index (χ2n) is 13.4. The van der Waals surface area contributed by atoms with Crippen LogP contribution < -0.4 is 16.3 Å². The number of nitrogens with one attached hydrogen (secondary N) is 2. The molecule has 16 heteroatoms. The summed E-state index contributed by atoms with van der Waals surface area (Å²) in [4.78, 5) is 58.5. The molecule has 0 saturated heterocycles. The van der Waals surface area contributed by atoms with Crippen molar-refractivity contribution in [1.82, 2.24) is 29.5 Å². The Morgan fingerprint density at radius 3 is 1.77 bits per heavy atom. The van der Waals surface area contributed by atoms with Gasteiger partial charge in [0.15, 0.2) is 0 Å². The number of imidazole rings is 1. The van der Waals surface area contributed by atoms with E-state index in [0.717, 1.165) is 11.3 Å². The van der Waals surface area contributed by atoms with Gasteiger partial charge < -0.3 is 20.4 Å². The van der Waals surface area contributed by atoms with Crippen molar-refractivity contribution in [3.8, 4) is 5.69 Å². The van der Waals surface area contributed by atoms with Crippen LogP contribution in [0.5, 0.6) is 0 Å². The van der Waals surface area contributed by atoms with Gasteiger partial charge in [0.2, 0.25) is 0 Å². The molecule has 286 valence electrons. The summed E-state index contributed by atoms with van der Waals surface area (Å²) in [5.41, 5.74) is 1.90. The summed E-state index contributed by atoms with van der Waals surface area (Å²) in [6, 6.07) is 14.2. The molecule has 4 unspecified atom stereocenters. The summed E-state index contributed by atoms with van der Waals surface area (Å²) in [5.74, 6) is -4.26. The minimum Gasteiger partial charge on any atom is -0.480 e. The van der Waals surface area contributed by atoms with Crippen LogP contribution in [0, 0.1) is 11.8 Å². The highest BCUT2D eigenvalue weighted by Crippen LogP contribution is 2.13. The van der Waals surface area contributed by atoms with Crippen molar-refractivity contribution in [2.75, 3.05) is 0 Å². The van der Waals surface area contributed by atoms with Crippen LogP contribution in [-0.4, -0.2) is 87.4 Å². The average Bonchev–Trinajstić information content (AvgIpc) is 3.69. The van der Waals surface area contributed by atoms with Crippen molar-refractivity contribution in [1.29, 1.82) is 0 Å². The van der Waals surface area contributed by atoms with Gasteiger partial charge in [0.05, 0.1) is 24.5 Å². The normalized spacial score (nSPS) is 13.5. The average molecular weight is 755 g/mol. The molecule has 15 nitrogen and oxygen atoms in total. The third-order valence-corrected chi connectivity index (χ3v) is 8.26. The minimum atomic E-state index is -1.22. The lowest BCUT2D eigenvalue weighted by molar-refractivity contribution is -0.145. The monoisotopic (exact) mass is 754 g/mol. The number of carbonyl (C=O) groups is 4. The second-order valence-corrected chi connectivity index (χ2v) is 13.9. The zero-order valence-corrected chi connectivity index (χ0v) is 30.8. The van der Waals surface area contributed by atoms with Crippen LogP contribution in [0.3, 0.4) is 0 Å². The summed E-state index contributed by atoms with van der Waals surface area (Å²) in [7, 11) is 0. The molecule has 4 aromatic rings. The third kappa shape index (κ3) is 13.7. The lowest BCUT2D eigenvalue weighted by Crippen LogP contribution is -2.50. The maximum absolute atomic E-state index is 12.6. The number of para-hydroxylation sites is 1. The van der Waals surface area contributed by atoms with Gasteiger partial charge in [-0.1, -0.05) is 69.6 Å². The first-order chi connectivity index (χ1) is 25.0. The Morgan fingerprint density at radius 1 is 0.698 bits per heavy atom. The number of nitrogens with zero attached hydrogens (tertiary/aromatic N) is 4. The van der Waals surface area contributed by atoms with Crippen molar-refractivity contribution in [2.45, 2.75) is 84.2 Å². The minimum absolute atomic E-state index is 0.0737. The van der Waals surface area contributed by atoms with Crippen molar-refractivity contribution < 1.29 is 39.6 Å². The van der Waals surface area contributed by atoms with Crippen LogP contribution in [0.2, 0.25) is 5.02 Å². The third-order valence-electron chi connectivity index (χ3n) is 8.03. The highest BCUT2D eigenvalue weighted by molar-refractivity contribution is 6.30. The molecule has 0 saturated carbocycles. The molecule has 0 amide bonds. The van der Waals surface area contributed by atoms with E-state index in [1.54, 1.807) is 41.3 Å². The smallest absolute Gasteiger partial charge is 0.328 e. The largest absolute Gasteiger partial charge is 0.480 e. The van der Waals surface area contributed by atoms with Gasteiger partial charge >= 0.3 is 29.6 Å². The lowest BCUT2D eigenvalue weighted by Gasteiger charge is -2.21. The Kier molecular flexibility index (Phi) is 16.0. The predicted octanol–water partition coefficient (Wildman–Crippen LogP) is 3.85. The van der Waals surface area contributed by atoms with E-state index in [1.165, 1.54) is 15.3 Å². The SMILES string of the molecule is CC(C)CC(NC(Cc1ccn(-c2ccccc2)n1)C(=O)O)C(=O)O.CC(C)CC(NC(Cn1ccn(Cc2cccc(Cl)c2)c1=O)C(=O)O)C(=O)O. The first-order valence-electron chi connectivity index (χ1n) is 17.1. The van der Waals surface area contributed by atoms with Gasteiger partial charge in [0.1, 0.15) is 24.2 Å². The topological polar surface area (TPSA) is 218 Å². The molecule has 0 aliphatic heterocycles. The maximum atomic E-state index is 12.6. The van der Waals surface area contributed by atoms with Gasteiger partial charge in [-0.2, -0.15) is 5.10 Å². The fourth-order valence-corrected chi connectivity index (χ4v) is 5.69. The number of aromatic nitrogens is 4. The number of carboxylic acids is 4. The highest BCUT2D eigenvalue weighted by atomic mass is 35.5. The van der Waals surface area contributed by atoms with Crippen LogP contribution in [0.1, 0.15) is 51.8 Å². The molecule has 0 radical (unpaired) electrons. The van der Waals surface area contributed by atoms with E-state index in [-0.39, 0.29) is 36.9 Å². The van der Waals surface area contributed by atoms with Crippen LogP contribution in [0.25, 0.3) is 5.69 Å². The molecule has 6 N–H and O–H groups in total. The van der Waals surface area contributed by atoms with Crippen molar-refractivity contribution in [3.05, 3.63) is 106 Å². The molecule has 4 atom stereocenters. The molecule has 2 heterocycles. The summed E-state index contributed by atoms with van der Waals surface area (Å²) in [5, 5.41) is 47.8. The standard InChI is InChI=1S/C19H24ClN3O5.C18H23N3O4/c1-12(2)8-15(17(24)25)21-16(18(26)27)11-23-7-6-22(19(23)28)10-13-4-3-5-14(20)9-13;1-12(2)10-15(17(22)23)19-16(18(24)25)11-13-8-9-21(20-13)14-6-4-3-5-7-14/h3-7,9,12,15-16,21H,8,10-11H2,1-2H3,(H,24,25)(H,26,27);3-9,12,15-16,19H,10-11H2,1-2H3,(H,22,23)(H,24,25). The van der Waals surface area contributed by atoms with Crippen LogP contribution in [-0.2, 0) is 38.7 Å². The molecule has 0 aliphatic carbocycles. The van der Waals surface area contributed by atoms with Crippen LogP contribution in [0.15, 0.2) is 84.0 Å².